The van der Waals surface area contributed by atoms with Gasteiger partial charge in [0.25, 0.3) is 11.5 Å². The zero-order valence-electron chi connectivity index (χ0n) is 19.7. The van der Waals surface area contributed by atoms with Gasteiger partial charge in [-0.05, 0) is 18.2 Å². The average Bonchev–Trinajstić information content (AvgIpc) is 2.84. The molecule has 2 saturated heterocycles. The number of halogens is 4. The Morgan fingerprint density at radius 3 is 2.44 bits per heavy atom. The summed E-state index contributed by atoms with van der Waals surface area (Å²) in [5.74, 6) is -0.966. The van der Waals surface area contributed by atoms with Gasteiger partial charge in [0.2, 0.25) is 0 Å². The number of para-hydroxylation sites is 1. The fourth-order valence-corrected chi connectivity index (χ4v) is 5.40. The quantitative estimate of drug-likeness (QED) is 0.614. The zero-order valence-corrected chi connectivity index (χ0v) is 20.5. The lowest BCUT2D eigenvalue weighted by molar-refractivity contribution is -0.271. The summed E-state index contributed by atoms with van der Waals surface area (Å²) in [5, 5.41) is 2.74. The summed E-state index contributed by atoms with van der Waals surface area (Å²) in [4.78, 5) is 26.8. The summed E-state index contributed by atoms with van der Waals surface area (Å²) in [6.07, 6.45) is -5.38. The lowest BCUT2D eigenvalue weighted by atomic mass is 9.74. The third-order valence-corrected chi connectivity index (χ3v) is 7.27. The van der Waals surface area contributed by atoms with E-state index in [0.717, 1.165) is 23.6 Å². The molecule has 4 rings (SSSR count). The molecule has 11 heteroatoms. The molecule has 7 nitrogen and oxygen atoms in total. The number of likely N-dealkylation sites (tertiary alicyclic amines) is 1. The lowest BCUT2D eigenvalue weighted by Crippen LogP contribution is -2.62. The van der Waals surface area contributed by atoms with Crippen molar-refractivity contribution in [2.75, 3.05) is 33.9 Å². The Balaban J connectivity index is 1.65. The molecule has 0 radical (unpaired) electrons. The van der Waals surface area contributed by atoms with E-state index < -0.39 is 34.9 Å². The number of rotatable bonds is 5. The first-order valence-corrected chi connectivity index (χ1v) is 11.7. The van der Waals surface area contributed by atoms with Gasteiger partial charge in [-0.3, -0.25) is 4.79 Å². The number of nitrogens with one attached hydrogen (secondary N) is 1. The largest absolute Gasteiger partial charge is 0.496 e. The van der Waals surface area contributed by atoms with E-state index in [0.29, 0.717) is 5.75 Å². The summed E-state index contributed by atoms with van der Waals surface area (Å²) in [5.41, 5.74) is -3.84. The Morgan fingerprint density at radius 2 is 1.83 bits per heavy atom. The molecule has 1 N–H and O–H groups in total. The van der Waals surface area contributed by atoms with Crippen molar-refractivity contribution >= 4 is 23.6 Å². The maximum Gasteiger partial charge on any atom is 0.430 e. The average molecular weight is 527 g/mol. The van der Waals surface area contributed by atoms with E-state index in [9.17, 15) is 22.8 Å². The van der Waals surface area contributed by atoms with Gasteiger partial charge in [-0.1, -0.05) is 41.9 Å². The highest BCUT2D eigenvalue weighted by atomic mass is 35.5. The van der Waals surface area contributed by atoms with Gasteiger partial charge in [-0.2, -0.15) is 13.2 Å². The van der Waals surface area contributed by atoms with Crippen molar-refractivity contribution < 1.29 is 37.0 Å². The van der Waals surface area contributed by atoms with E-state index in [1.54, 1.807) is 6.07 Å². The summed E-state index contributed by atoms with van der Waals surface area (Å²) in [7, 11) is 2.39. The van der Waals surface area contributed by atoms with E-state index in [1.807, 2.05) is 18.2 Å². The molecule has 2 atom stereocenters. The lowest BCUT2D eigenvalue weighted by Gasteiger charge is -2.49. The fraction of sp³-hybridized carbons (Fsp3) is 0.440. The molecule has 2 aromatic rings. The zero-order chi connectivity index (χ0) is 26.1. The first-order chi connectivity index (χ1) is 17.1. The highest BCUT2D eigenvalue weighted by Gasteiger charge is 2.64. The molecule has 0 aromatic heterocycles. The summed E-state index contributed by atoms with van der Waals surface area (Å²) >= 11 is 5.95. The van der Waals surface area contributed by atoms with Crippen LogP contribution >= 0.6 is 11.6 Å². The molecule has 0 aliphatic carbocycles. The van der Waals surface area contributed by atoms with Crippen molar-refractivity contribution in [2.45, 2.75) is 36.1 Å². The molecule has 2 aliphatic heterocycles. The SMILES string of the molecule is COc1ccccc1[C@@H]1CNC(=O)OC12CCN(C(=O)[C@@](OC)(c1cccc(Cl)c1)C(F)(F)F)CC2. The second kappa shape index (κ2) is 9.82. The van der Waals surface area contributed by atoms with E-state index in [4.69, 9.17) is 25.8 Å². The number of piperidine rings is 1. The predicted molar refractivity (Wildman–Crippen MR) is 125 cm³/mol. The predicted octanol–water partition coefficient (Wildman–Crippen LogP) is 4.64. The van der Waals surface area contributed by atoms with Crippen LogP contribution in [0, 0.1) is 0 Å². The van der Waals surface area contributed by atoms with Gasteiger partial charge in [0, 0.05) is 61.7 Å². The molecular weight excluding hydrogens is 501 g/mol. The van der Waals surface area contributed by atoms with Crippen molar-refractivity contribution in [1.29, 1.82) is 0 Å². The molecule has 2 fully saturated rings. The van der Waals surface area contributed by atoms with Crippen LogP contribution in [-0.2, 0) is 19.9 Å². The van der Waals surface area contributed by atoms with Crippen LogP contribution in [-0.4, -0.2) is 62.5 Å². The molecule has 194 valence electrons. The van der Waals surface area contributed by atoms with Crippen LogP contribution in [0.25, 0.3) is 0 Å². The molecule has 2 heterocycles. The molecule has 2 aliphatic rings. The monoisotopic (exact) mass is 526 g/mol. The fourth-order valence-electron chi connectivity index (χ4n) is 5.21. The van der Waals surface area contributed by atoms with E-state index in [2.05, 4.69) is 5.32 Å². The van der Waals surface area contributed by atoms with Gasteiger partial charge >= 0.3 is 12.3 Å². The van der Waals surface area contributed by atoms with Gasteiger partial charge in [0.15, 0.2) is 0 Å². The van der Waals surface area contributed by atoms with Gasteiger partial charge in [-0.15, -0.1) is 0 Å². The number of amides is 2. The Bertz CT molecular complexity index is 1140. The number of ether oxygens (including phenoxy) is 3. The van der Waals surface area contributed by atoms with Crippen molar-refractivity contribution in [2.24, 2.45) is 0 Å². The Labute approximate surface area is 211 Å². The van der Waals surface area contributed by atoms with E-state index >= 15 is 0 Å². The minimum atomic E-state index is -5.06. The minimum Gasteiger partial charge on any atom is -0.496 e. The first-order valence-electron chi connectivity index (χ1n) is 11.3. The number of carbonyl (C=O) groups excluding carboxylic acids is 2. The highest BCUT2D eigenvalue weighted by molar-refractivity contribution is 6.30. The topological polar surface area (TPSA) is 77.1 Å². The van der Waals surface area contributed by atoms with Gasteiger partial charge in [0.05, 0.1) is 7.11 Å². The second-order valence-corrected chi connectivity index (χ2v) is 9.25. The smallest absolute Gasteiger partial charge is 0.430 e. The maximum atomic E-state index is 14.5. The molecule has 2 amide bonds. The standard InChI is InChI=1S/C25H26ClF3N2O5/c1-34-20-9-4-3-8-18(20)19-15-30-22(33)36-23(19)10-12-31(13-11-23)21(32)24(35-2,25(27,28)29)16-6-5-7-17(26)14-16/h3-9,14,19H,10-13,15H2,1-2H3,(H,30,33)/t19-,24-/m0/s1. The maximum absolute atomic E-state index is 14.5. The molecular formula is C25H26ClF3N2O5. The summed E-state index contributed by atoms with van der Waals surface area (Å²) in [6, 6.07) is 12.3. The van der Waals surface area contributed by atoms with Crippen molar-refractivity contribution in [1.82, 2.24) is 10.2 Å². The normalized spacial score (nSPS) is 21.3. The van der Waals surface area contributed by atoms with Gasteiger partial charge in [-0.25, -0.2) is 4.79 Å². The summed E-state index contributed by atoms with van der Waals surface area (Å²) in [6.45, 7) is 0.124. The van der Waals surface area contributed by atoms with Crippen LogP contribution in [0.3, 0.4) is 0 Å². The van der Waals surface area contributed by atoms with Gasteiger partial charge < -0.3 is 24.4 Å². The Kier molecular flexibility index (Phi) is 7.12. The molecule has 36 heavy (non-hydrogen) atoms. The number of hydrogen-bond acceptors (Lipinski definition) is 5. The number of benzene rings is 2. The van der Waals surface area contributed by atoms with Crippen molar-refractivity contribution in [3.8, 4) is 5.75 Å². The first kappa shape index (κ1) is 26.1. The van der Waals surface area contributed by atoms with Crippen LogP contribution in [0.5, 0.6) is 5.75 Å². The molecule has 0 saturated carbocycles. The van der Waals surface area contributed by atoms with Crippen LogP contribution in [0.2, 0.25) is 5.02 Å². The van der Waals surface area contributed by atoms with Crippen molar-refractivity contribution in [3.05, 3.63) is 64.7 Å². The van der Waals surface area contributed by atoms with Crippen molar-refractivity contribution in [3.63, 3.8) is 0 Å². The minimum absolute atomic E-state index is 0.0461. The van der Waals surface area contributed by atoms with Crippen LogP contribution < -0.4 is 10.1 Å². The second-order valence-electron chi connectivity index (χ2n) is 8.82. The van der Waals surface area contributed by atoms with Crippen LogP contribution in [0.1, 0.15) is 29.9 Å². The van der Waals surface area contributed by atoms with Gasteiger partial charge in [0.1, 0.15) is 11.4 Å². The number of methoxy groups -OCH3 is 2. The number of nitrogens with zero attached hydrogens (tertiary/aromatic N) is 1. The van der Waals surface area contributed by atoms with E-state index in [-0.39, 0.29) is 43.4 Å². The molecule has 0 bridgehead atoms. The van der Waals surface area contributed by atoms with Crippen LogP contribution in [0.4, 0.5) is 18.0 Å². The number of alkyl halides is 3. The summed E-state index contributed by atoms with van der Waals surface area (Å²) < 4.78 is 59.6. The molecule has 1 spiro atoms. The Hall–Kier alpha value is -2.98. The number of carbonyl (C=O) groups is 2. The number of alkyl carbamates (subject to hydrolysis) is 1. The third kappa shape index (κ3) is 4.37. The highest BCUT2D eigenvalue weighted by Crippen LogP contribution is 2.47. The third-order valence-electron chi connectivity index (χ3n) is 7.03. The van der Waals surface area contributed by atoms with E-state index in [1.165, 1.54) is 25.3 Å². The number of hydrogen-bond donors (Lipinski definition) is 1. The molecule has 0 unspecified atom stereocenters. The van der Waals surface area contributed by atoms with Crippen LogP contribution in [0.15, 0.2) is 48.5 Å². The molecule has 2 aromatic carbocycles. The Morgan fingerprint density at radius 1 is 1.14 bits per heavy atom.